The number of nitrogens with one attached hydrogen (secondary N) is 1. The van der Waals surface area contributed by atoms with Crippen molar-refractivity contribution in [3.63, 3.8) is 0 Å². The number of carbonyl (C=O) groups excluding carboxylic acids is 1. The first kappa shape index (κ1) is 24.2. The lowest BCUT2D eigenvalue weighted by Gasteiger charge is -2.09. The lowest BCUT2D eigenvalue weighted by atomic mass is 10.1. The second-order valence-corrected chi connectivity index (χ2v) is 8.26. The van der Waals surface area contributed by atoms with Crippen LogP contribution in [0.5, 0.6) is 5.75 Å². The van der Waals surface area contributed by atoms with Gasteiger partial charge in [-0.25, -0.2) is 4.39 Å². The molecule has 178 valence electrons. The number of hydrogen-bond acceptors (Lipinski definition) is 5. The molecular formula is C24H17Cl2FN4O4. The van der Waals surface area contributed by atoms with E-state index < -0.39 is 10.7 Å². The van der Waals surface area contributed by atoms with Crippen LogP contribution in [0.15, 0.2) is 72.9 Å². The summed E-state index contributed by atoms with van der Waals surface area (Å²) in [6.07, 6.45) is 1.68. The molecule has 0 spiro atoms. The average Bonchev–Trinajstić information content (AvgIpc) is 3.27. The van der Waals surface area contributed by atoms with Crippen molar-refractivity contribution in [1.82, 2.24) is 9.78 Å². The van der Waals surface area contributed by atoms with E-state index in [0.717, 1.165) is 5.56 Å². The fraction of sp³-hybridized carbons (Fsp3) is 0.0833. The summed E-state index contributed by atoms with van der Waals surface area (Å²) < 4.78 is 20.4. The van der Waals surface area contributed by atoms with Crippen molar-refractivity contribution in [3.8, 4) is 5.75 Å². The van der Waals surface area contributed by atoms with E-state index in [1.807, 2.05) is 0 Å². The van der Waals surface area contributed by atoms with Crippen LogP contribution in [-0.4, -0.2) is 20.6 Å². The van der Waals surface area contributed by atoms with Crippen LogP contribution < -0.4 is 10.1 Å². The van der Waals surface area contributed by atoms with Gasteiger partial charge in [-0.2, -0.15) is 5.10 Å². The third-order valence-corrected chi connectivity index (χ3v) is 5.61. The molecule has 1 aromatic heterocycles. The van der Waals surface area contributed by atoms with Gasteiger partial charge in [0.25, 0.3) is 11.6 Å². The summed E-state index contributed by atoms with van der Waals surface area (Å²) in [5.74, 6) is -0.0918. The van der Waals surface area contributed by atoms with Gasteiger partial charge in [0.15, 0.2) is 5.82 Å². The summed E-state index contributed by atoms with van der Waals surface area (Å²) in [6, 6.07) is 16.5. The van der Waals surface area contributed by atoms with Crippen LogP contribution in [0.2, 0.25) is 10.0 Å². The number of hydrogen-bond donors (Lipinski definition) is 1. The van der Waals surface area contributed by atoms with Crippen molar-refractivity contribution >= 4 is 40.6 Å². The molecule has 0 aliphatic heterocycles. The number of amides is 1. The van der Waals surface area contributed by atoms with Crippen LogP contribution >= 0.6 is 23.2 Å². The molecule has 0 fully saturated rings. The van der Waals surface area contributed by atoms with Gasteiger partial charge in [0.1, 0.15) is 18.2 Å². The second-order valence-electron chi connectivity index (χ2n) is 7.45. The normalized spacial score (nSPS) is 10.7. The summed E-state index contributed by atoms with van der Waals surface area (Å²) in [5, 5.41) is 18.2. The molecule has 1 N–H and O–H groups in total. The number of non-ortho nitro benzene ring substituents is 1. The molecule has 1 heterocycles. The Morgan fingerprint density at radius 1 is 1.06 bits per heavy atom. The summed E-state index contributed by atoms with van der Waals surface area (Å²) >= 11 is 12.1. The van der Waals surface area contributed by atoms with Gasteiger partial charge in [-0.15, -0.1) is 0 Å². The van der Waals surface area contributed by atoms with Gasteiger partial charge in [-0.1, -0.05) is 41.4 Å². The van der Waals surface area contributed by atoms with Gasteiger partial charge < -0.3 is 10.1 Å². The molecular weight excluding hydrogens is 498 g/mol. The van der Waals surface area contributed by atoms with Gasteiger partial charge in [-0.3, -0.25) is 19.6 Å². The zero-order valence-electron chi connectivity index (χ0n) is 18.0. The molecule has 0 bridgehead atoms. The van der Waals surface area contributed by atoms with Gasteiger partial charge in [0.2, 0.25) is 0 Å². The van der Waals surface area contributed by atoms with Crippen LogP contribution in [0.4, 0.5) is 15.9 Å². The van der Waals surface area contributed by atoms with Crippen LogP contribution in [0, 0.1) is 15.9 Å². The lowest BCUT2D eigenvalue weighted by Crippen LogP contribution is -2.13. The summed E-state index contributed by atoms with van der Waals surface area (Å²) in [7, 11) is 0. The summed E-state index contributed by atoms with van der Waals surface area (Å²) in [4.78, 5) is 22.8. The number of nitrogens with zero attached hydrogens (tertiary/aromatic N) is 3. The summed E-state index contributed by atoms with van der Waals surface area (Å²) in [6.45, 7) is 0.484. The van der Waals surface area contributed by atoms with E-state index in [9.17, 15) is 19.3 Å². The van der Waals surface area contributed by atoms with E-state index in [2.05, 4.69) is 10.4 Å². The maximum Gasteiger partial charge on any atom is 0.271 e. The minimum absolute atomic E-state index is 0.123. The summed E-state index contributed by atoms with van der Waals surface area (Å²) in [5.41, 5.74) is 1.76. The second kappa shape index (κ2) is 10.5. The fourth-order valence-corrected chi connectivity index (χ4v) is 3.62. The zero-order chi connectivity index (χ0) is 24.9. The first-order valence-corrected chi connectivity index (χ1v) is 11.0. The number of nitro groups is 1. The highest BCUT2D eigenvalue weighted by Crippen LogP contribution is 2.29. The van der Waals surface area contributed by atoms with Crippen molar-refractivity contribution in [3.05, 3.63) is 116 Å². The highest BCUT2D eigenvalue weighted by molar-refractivity contribution is 6.32. The first-order chi connectivity index (χ1) is 16.8. The van der Waals surface area contributed by atoms with Crippen molar-refractivity contribution in [2.24, 2.45) is 0 Å². The maximum absolute atomic E-state index is 13.2. The van der Waals surface area contributed by atoms with Gasteiger partial charge in [0, 0.05) is 35.0 Å². The van der Waals surface area contributed by atoms with Crippen LogP contribution in [0.25, 0.3) is 0 Å². The molecule has 0 radical (unpaired) electrons. The molecule has 4 rings (SSSR count). The molecule has 11 heteroatoms. The number of halogens is 3. The number of nitro benzene ring substituents is 1. The Hall–Kier alpha value is -3.95. The maximum atomic E-state index is 13.2. The number of rotatable bonds is 8. The number of carbonyl (C=O) groups is 1. The monoisotopic (exact) mass is 514 g/mol. The molecule has 8 nitrogen and oxygen atoms in total. The highest BCUT2D eigenvalue weighted by atomic mass is 35.5. The molecule has 0 unspecified atom stereocenters. The number of ether oxygens (including phenoxy) is 1. The third-order valence-electron chi connectivity index (χ3n) is 4.97. The van der Waals surface area contributed by atoms with E-state index in [1.54, 1.807) is 47.3 Å². The van der Waals surface area contributed by atoms with Crippen molar-refractivity contribution in [2.45, 2.75) is 13.2 Å². The van der Waals surface area contributed by atoms with Gasteiger partial charge in [0.05, 0.1) is 16.5 Å². The van der Waals surface area contributed by atoms with E-state index >= 15 is 0 Å². The number of aromatic nitrogens is 2. The predicted octanol–water partition coefficient (Wildman–Crippen LogP) is 6.12. The van der Waals surface area contributed by atoms with E-state index in [-0.39, 0.29) is 23.2 Å². The molecule has 0 aliphatic rings. The smallest absolute Gasteiger partial charge is 0.271 e. The quantitative estimate of drug-likeness (QED) is 0.225. The molecule has 35 heavy (non-hydrogen) atoms. The largest absolute Gasteiger partial charge is 0.487 e. The molecule has 4 aromatic rings. The Morgan fingerprint density at radius 3 is 2.51 bits per heavy atom. The Kier molecular flexibility index (Phi) is 7.28. The van der Waals surface area contributed by atoms with E-state index in [0.29, 0.717) is 34.3 Å². The predicted molar refractivity (Wildman–Crippen MR) is 130 cm³/mol. The number of benzene rings is 3. The Balaban J connectivity index is 1.33. The van der Waals surface area contributed by atoms with Crippen LogP contribution in [-0.2, 0) is 13.2 Å². The third kappa shape index (κ3) is 6.14. The molecule has 0 saturated heterocycles. The Labute approximate surface area is 209 Å². The SMILES string of the molecule is O=C(Nc1ccn(Cc2ccc(F)cc2Cl)n1)c1ccc(COc2ccc([N+](=O)[O-])cc2Cl)cc1. The van der Waals surface area contributed by atoms with Crippen LogP contribution in [0.3, 0.4) is 0 Å². The molecule has 1 amide bonds. The molecule has 0 atom stereocenters. The first-order valence-electron chi connectivity index (χ1n) is 10.2. The van der Waals surface area contributed by atoms with Gasteiger partial charge >= 0.3 is 0 Å². The minimum atomic E-state index is -0.537. The van der Waals surface area contributed by atoms with E-state index in [4.69, 9.17) is 27.9 Å². The minimum Gasteiger partial charge on any atom is -0.487 e. The Morgan fingerprint density at radius 2 is 1.83 bits per heavy atom. The lowest BCUT2D eigenvalue weighted by molar-refractivity contribution is -0.384. The number of anilines is 1. The van der Waals surface area contributed by atoms with Crippen molar-refractivity contribution in [2.75, 3.05) is 5.32 Å². The average molecular weight is 515 g/mol. The standard InChI is InChI=1S/C24H17Cl2FN4O4/c25-20-11-18(27)6-5-17(20)13-30-10-9-23(29-30)28-24(32)16-3-1-15(2-4-16)14-35-22-8-7-19(31(33)34)12-21(22)26/h1-12H,13-14H2,(H,28,29,32). The molecule has 0 aliphatic carbocycles. The fourth-order valence-electron chi connectivity index (χ4n) is 3.16. The van der Waals surface area contributed by atoms with Crippen molar-refractivity contribution < 1.29 is 18.8 Å². The molecule has 0 saturated carbocycles. The molecule has 3 aromatic carbocycles. The van der Waals surface area contributed by atoms with Gasteiger partial charge in [-0.05, 0) is 41.5 Å². The van der Waals surface area contributed by atoms with Crippen LogP contribution in [0.1, 0.15) is 21.5 Å². The Bertz CT molecular complexity index is 1390. The highest BCUT2D eigenvalue weighted by Gasteiger charge is 2.12. The van der Waals surface area contributed by atoms with E-state index in [1.165, 1.54) is 30.3 Å². The topological polar surface area (TPSA) is 99.3 Å². The zero-order valence-corrected chi connectivity index (χ0v) is 19.5. The van der Waals surface area contributed by atoms with Crippen molar-refractivity contribution in [1.29, 1.82) is 0 Å².